The van der Waals surface area contributed by atoms with Gasteiger partial charge in [0.25, 0.3) is 17.5 Å². The number of benzene rings is 3. The summed E-state index contributed by atoms with van der Waals surface area (Å²) in [6, 6.07) is 17.4. The molecule has 0 bridgehead atoms. The van der Waals surface area contributed by atoms with Crippen LogP contribution in [0.3, 0.4) is 0 Å². The minimum Gasteiger partial charge on any atom is -0.465 e. The van der Waals surface area contributed by atoms with Crippen molar-refractivity contribution in [2.24, 2.45) is 0 Å². The summed E-state index contributed by atoms with van der Waals surface area (Å²) in [4.78, 5) is 49.6. The van der Waals surface area contributed by atoms with E-state index in [-0.39, 0.29) is 17.0 Å². The second-order valence-electron chi connectivity index (χ2n) is 7.38. The van der Waals surface area contributed by atoms with Crippen LogP contribution in [0, 0.1) is 10.1 Å². The standard InChI is InChI=1S/C24H19N3O6/c1-33-24(30)18-12-17(13-20(14-18)27(31)32)22(28)25-19-8-6-16(7-9-19)23(29)26-11-10-15-4-2-3-5-21(15)26/h2-9,12-14H,10-11H2,1H3,(H,25,28). The van der Waals surface area contributed by atoms with E-state index in [1.807, 2.05) is 24.3 Å². The fraction of sp³-hybridized carbons (Fsp3) is 0.125. The van der Waals surface area contributed by atoms with Gasteiger partial charge in [0.15, 0.2) is 0 Å². The Labute approximate surface area is 188 Å². The Morgan fingerprint density at radius 3 is 2.36 bits per heavy atom. The number of nitro groups is 1. The first-order valence-electron chi connectivity index (χ1n) is 10.1. The summed E-state index contributed by atoms with van der Waals surface area (Å²) >= 11 is 0. The summed E-state index contributed by atoms with van der Waals surface area (Å²) in [6.07, 6.45) is 0.798. The van der Waals surface area contributed by atoms with Crippen LogP contribution < -0.4 is 10.2 Å². The SMILES string of the molecule is COC(=O)c1cc(C(=O)Nc2ccc(C(=O)N3CCc4ccccc43)cc2)cc([N+](=O)[O-])c1. The van der Waals surface area contributed by atoms with Crippen molar-refractivity contribution in [3.05, 3.63) is 99.1 Å². The molecule has 3 aromatic rings. The fourth-order valence-corrected chi connectivity index (χ4v) is 3.69. The molecule has 3 aromatic carbocycles. The number of ether oxygens (including phenoxy) is 1. The number of carbonyl (C=O) groups is 3. The van der Waals surface area contributed by atoms with E-state index < -0.39 is 22.5 Å². The number of para-hydroxylation sites is 1. The maximum atomic E-state index is 12.9. The summed E-state index contributed by atoms with van der Waals surface area (Å²) in [7, 11) is 1.14. The molecule has 4 rings (SSSR count). The van der Waals surface area contributed by atoms with Gasteiger partial charge in [-0.05, 0) is 48.4 Å². The van der Waals surface area contributed by atoms with Gasteiger partial charge in [-0.15, -0.1) is 0 Å². The maximum Gasteiger partial charge on any atom is 0.338 e. The van der Waals surface area contributed by atoms with E-state index in [9.17, 15) is 24.5 Å². The second-order valence-corrected chi connectivity index (χ2v) is 7.38. The van der Waals surface area contributed by atoms with Crippen molar-refractivity contribution in [2.75, 3.05) is 23.9 Å². The number of non-ortho nitro benzene ring substituents is 1. The maximum absolute atomic E-state index is 12.9. The smallest absolute Gasteiger partial charge is 0.338 e. The number of rotatable bonds is 5. The van der Waals surface area contributed by atoms with Gasteiger partial charge in [0.1, 0.15) is 0 Å². The molecule has 0 saturated heterocycles. The van der Waals surface area contributed by atoms with E-state index in [4.69, 9.17) is 0 Å². The van der Waals surface area contributed by atoms with Gasteiger partial charge in [0, 0.05) is 41.2 Å². The Balaban J connectivity index is 1.51. The molecule has 0 fully saturated rings. The van der Waals surface area contributed by atoms with Crippen molar-refractivity contribution in [3.63, 3.8) is 0 Å². The van der Waals surface area contributed by atoms with Crippen LogP contribution in [0.1, 0.15) is 36.6 Å². The van der Waals surface area contributed by atoms with Gasteiger partial charge in [-0.1, -0.05) is 18.2 Å². The molecular weight excluding hydrogens is 426 g/mol. The summed E-state index contributed by atoms with van der Waals surface area (Å²) in [5, 5.41) is 13.8. The van der Waals surface area contributed by atoms with Crippen molar-refractivity contribution < 1.29 is 24.0 Å². The Kier molecular flexibility index (Phi) is 5.86. The average molecular weight is 445 g/mol. The van der Waals surface area contributed by atoms with Crippen LogP contribution in [-0.4, -0.2) is 36.4 Å². The Morgan fingerprint density at radius 1 is 0.970 bits per heavy atom. The highest BCUT2D eigenvalue weighted by molar-refractivity contribution is 6.08. The highest BCUT2D eigenvalue weighted by atomic mass is 16.6. The van der Waals surface area contributed by atoms with E-state index >= 15 is 0 Å². The van der Waals surface area contributed by atoms with Crippen LogP contribution in [0.5, 0.6) is 0 Å². The van der Waals surface area contributed by atoms with E-state index in [1.165, 1.54) is 6.07 Å². The van der Waals surface area contributed by atoms with Gasteiger partial charge in [-0.3, -0.25) is 19.7 Å². The third kappa shape index (κ3) is 4.42. The number of carbonyl (C=O) groups excluding carboxylic acids is 3. The molecule has 0 spiro atoms. The summed E-state index contributed by atoms with van der Waals surface area (Å²) in [5.41, 5.74) is 2.29. The topological polar surface area (TPSA) is 119 Å². The molecular formula is C24H19N3O6. The number of fused-ring (bicyclic) bond motifs is 1. The largest absolute Gasteiger partial charge is 0.465 e. The number of methoxy groups -OCH3 is 1. The van der Waals surface area contributed by atoms with Gasteiger partial charge >= 0.3 is 5.97 Å². The molecule has 1 heterocycles. The first kappa shape index (κ1) is 21.7. The number of anilines is 2. The summed E-state index contributed by atoms with van der Waals surface area (Å²) in [5.74, 6) is -1.57. The molecule has 9 heteroatoms. The lowest BCUT2D eigenvalue weighted by atomic mass is 10.1. The molecule has 0 atom stereocenters. The molecule has 1 aliphatic rings. The van der Waals surface area contributed by atoms with Gasteiger partial charge in [-0.2, -0.15) is 0 Å². The van der Waals surface area contributed by atoms with Crippen LogP contribution in [0.4, 0.5) is 17.1 Å². The van der Waals surface area contributed by atoms with Crippen molar-refractivity contribution in [3.8, 4) is 0 Å². The predicted octanol–water partition coefficient (Wildman–Crippen LogP) is 3.84. The minimum atomic E-state index is -0.792. The van der Waals surface area contributed by atoms with E-state index in [1.54, 1.807) is 29.2 Å². The number of nitro benzene ring substituents is 1. The fourth-order valence-electron chi connectivity index (χ4n) is 3.69. The second kappa shape index (κ2) is 8.91. The zero-order chi connectivity index (χ0) is 23.5. The lowest BCUT2D eigenvalue weighted by Crippen LogP contribution is -2.28. The lowest BCUT2D eigenvalue weighted by molar-refractivity contribution is -0.384. The highest BCUT2D eigenvalue weighted by Gasteiger charge is 2.25. The third-order valence-electron chi connectivity index (χ3n) is 5.33. The van der Waals surface area contributed by atoms with Crippen LogP contribution in [0.2, 0.25) is 0 Å². The Bertz CT molecular complexity index is 1270. The normalized spacial score (nSPS) is 12.1. The van der Waals surface area contributed by atoms with Gasteiger partial charge in [-0.25, -0.2) is 4.79 Å². The first-order chi connectivity index (χ1) is 15.9. The highest BCUT2D eigenvalue weighted by Crippen LogP contribution is 2.29. The van der Waals surface area contributed by atoms with Crippen molar-refractivity contribution in [1.29, 1.82) is 0 Å². The molecule has 33 heavy (non-hydrogen) atoms. The molecule has 2 amide bonds. The molecule has 0 aliphatic carbocycles. The molecule has 1 aliphatic heterocycles. The Hall–Kier alpha value is -4.53. The van der Waals surface area contributed by atoms with Gasteiger partial charge in [0.05, 0.1) is 17.6 Å². The molecule has 0 saturated carbocycles. The van der Waals surface area contributed by atoms with E-state index in [2.05, 4.69) is 10.1 Å². The number of esters is 1. The molecule has 1 N–H and O–H groups in total. The quantitative estimate of drug-likeness (QED) is 0.362. The third-order valence-corrected chi connectivity index (χ3v) is 5.33. The summed E-state index contributed by atoms with van der Waals surface area (Å²) < 4.78 is 4.59. The van der Waals surface area contributed by atoms with Crippen molar-refractivity contribution >= 4 is 34.8 Å². The van der Waals surface area contributed by atoms with E-state index in [0.29, 0.717) is 17.8 Å². The van der Waals surface area contributed by atoms with Crippen LogP contribution >= 0.6 is 0 Å². The Morgan fingerprint density at radius 2 is 1.67 bits per heavy atom. The number of hydrogen-bond donors (Lipinski definition) is 1. The van der Waals surface area contributed by atoms with Crippen LogP contribution in [-0.2, 0) is 11.2 Å². The van der Waals surface area contributed by atoms with Crippen LogP contribution in [0.15, 0.2) is 66.7 Å². The zero-order valence-corrected chi connectivity index (χ0v) is 17.6. The summed E-state index contributed by atoms with van der Waals surface area (Å²) in [6.45, 7) is 0.603. The zero-order valence-electron chi connectivity index (χ0n) is 17.6. The minimum absolute atomic E-state index is 0.0709. The number of nitrogens with one attached hydrogen (secondary N) is 1. The lowest BCUT2D eigenvalue weighted by Gasteiger charge is -2.17. The van der Waals surface area contributed by atoms with Crippen molar-refractivity contribution in [1.82, 2.24) is 0 Å². The molecule has 0 radical (unpaired) electrons. The number of amides is 2. The molecule has 9 nitrogen and oxygen atoms in total. The monoisotopic (exact) mass is 445 g/mol. The molecule has 166 valence electrons. The molecule has 0 unspecified atom stereocenters. The molecule has 0 aromatic heterocycles. The number of hydrogen-bond acceptors (Lipinski definition) is 6. The first-order valence-corrected chi connectivity index (χ1v) is 10.1. The van der Waals surface area contributed by atoms with E-state index in [0.717, 1.165) is 36.9 Å². The van der Waals surface area contributed by atoms with Crippen LogP contribution in [0.25, 0.3) is 0 Å². The number of nitrogens with zero attached hydrogens (tertiary/aromatic N) is 2. The van der Waals surface area contributed by atoms with Gasteiger partial charge < -0.3 is 15.0 Å². The van der Waals surface area contributed by atoms with Gasteiger partial charge in [0.2, 0.25) is 0 Å². The average Bonchev–Trinajstić information content (AvgIpc) is 3.27. The predicted molar refractivity (Wildman–Crippen MR) is 121 cm³/mol. The van der Waals surface area contributed by atoms with Crippen molar-refractivity contribution in [2.45, 2.75) is 6.42 Å².